The van der Waals surface area contributed by atoms with Crippen molar-refractivity contribution < 1.29 is 9.47 Å². The molecule has 0 amide bonds. The monoisotopic (exact) mass is 243 g/mol. The lowest BCUT2D eigenvalue weighted by Gasteiger charge is -2.23. The molecule has 2 heterocycles. The topological polar surface area (TPSA) is 31.4 Å². The Morgan fingerprint density at radius 2 is 2.00 bits per heavy atom. The summed E-state index contributed by atoms with van der Waals surface area (Å²) in [7, 11) is 1.69. The van der Waals surface area contributed by atoms with Gasteiger partial charge >= 0.3 is 0 Å². The zero-order valence-corrected chi connectivity index (χ0v) is 10.6. The summed E-state index contributed by atoms with van der Waals surface area (Å²) in [5.41, 5.74) is 2.21. The minimum absolute atomic E-state index is 0.505. The van der Waals surface area contributed by atoms with Crippen LogP contribution < -0.4 is 4.74 Å². The normalized spacial score (nSPS) is 16.9. The molecule has 0 atom stereocenters. The highest BCUT2D eigenvalue weighted by atomic mass is 16.5. The number of pyridine rings is 1. The fraction of sp³-hybridized carbons (Fsp3) is 0.400. The summed E-state index contributed by atoms with van der Waals surface area (Å²) < 4.78 is 10.9. The Morgan fingerprint density at radius 3 is 2.78 bits per heavy atom. The van der Waals surface area contributed by atoms with Crippen LogP contribution >= 0.6 is 0 Å². The number of fused-ring (bicyclic) bond motifs is 1. The van der Waals surface area contributed by atoms with Crippen LogP contribution in [0.4, 0.5) is 0 Å². The molecule has 0 radical (unpaired) electrons. The van der Waals surface area contributed by atoms with E-state index in [0.29, 0.717) is 5.92 Å². The first-order valence-electron chi connectivity index (χ1n) is 6.40. The first kappa shape index (κ1) is 11.5. The van der Waals surface area contributed by atoms with Crippen LogP contribution in [0, 0.1) is 0 Å². The third-order valence-electron chi connectivity index (χ3n) is 3.57. The summed E-state index contributed by atoms with van der Waals surface area (Å²) in [5, 5.41) is 1.18. The van der Waals surface area contributed by atoms with Crippen LogP contribution in [0.2, 0.25) is 0 Å². The van der Waals surface area contributed by atoms with E-state index in [-0.39, 0.29) is 0 Å². The van der Waals surface area contributed by atoms with Gasteiger partial charge in [0.2, 0.25) is 5.88 Å². The molecular weight excluding hydrogens is 226 g/mol. The second-order valence-electron chi connectivity index (χ2n) is 4.67. The van der Waals surface area contributed by atoms with Crippen LogP contribution in [0.1, 0.15) is 24.3 Å². The van der Waals surface area contributed by atoms with E-state index in [0.717, 1.165) is 37.5 Å². The number of aromatic nitrogens is 1. The van der Waals surface area contributed by atoms with Gasteiger partial charge in [0, 0.05) is 24.2 Å². The van der Waals surface area contributed by atoms with Crippen LogP contribution in [-0.2, 0) is 4.74 Å². The van der Waals surface area contributed by atoms with E-state index < -0.39 is 0 Å². The van der Waals surface area contributed by atoms with Crippen molar-refractivity contribution in [1.29, 1.82) is 0 Å². The van der Waals surface area contributed by atoms with Gasteiger partial charge < -0.3 is 9.47 Å². The second kappa shape index (κ2) is 4.94. The van der Waals surface area contributed by atoms with E-state index >= 15 is 0 Å². The third-order valence-corrected chi connectivity index (χ3v) is 3.57. The van der Waals surface area contributed by atoms with Crippen molar-refractivity contribution in [2.45, 2.75) is 18.8 Å². The van der Waals surface area contributed by atoms with Crippen LogP contribution in [0.3, 0.4) is 0 Å². The molecule has 1 aromatic carbocycles. The van der Waals surface area contributed by atoms with E-state index in [9.17, 15) is 0 Å². The van der Waals surface area contributed by atoms with Crippen molar-refractivity contribution in [3.63, 3.8) is 0 Å². The molecule has 3 heteroatoms. The quantitative estimate of drug-likeness (QED) is 0.812. The average Bonchev–Trinajstić information content (AvgIpc) is 2.46. The maximum atomic E-state index is 5.45. The molecule has 1 aliphatic heterocycles. The van der Waals surface area contributed by atoms with E-state index in [1.165, 1.54) is 10.9 Å². The van der Waals surface area contributed by atoms with Gasteiger partial charge in [0.05, 0.1) is 12.6 Å². The van der Waals surface area contributed by atoms with Crippen molar-refractivity contribution >= 4 is 10.9 Å². The highest BCUT2D eigenvalue weighted by Gasteiger charge is 2.20. The van der Waals surface area contributed by atoms with Gasteiger partial charge in [-0.2, -0.15) is 0 Å². The molecule has 0 N–H and O–H groups in total. The number of hydrogen-bond acceptors (Lipinski definition) is 3. The predicted molar refractivity (Wildman–Crippen MR) is 71.1 cm³/mol. The number of rotatable bonds is 2. The lowest BCUT2D eigenvalue weighted by molar-refractivity contribution is 0.0847. The van der Waals surface area contributed by atoms with Gasteiger partial charge in [-0.1, -0.05) is 18.2 Å². The Bertz CT molecular complexity index is 547. The van der Waals surface area contributed by atoms with Crippen LogP contribution in [0.5, 0.6) is 5.88 Å². The minimum Gasteiger partial charge on any atom is -0.481 e. The molecule has 0 saturated carbocycles. The largest absolute Gasteiger partial charge is 0.481 e. The molecule has 0 bridgehead atoms. The van der Waals surface area contributed by atoms with Crippen LogP contribution in [-0.4, -0.2) is 25.3 Å². The zero-order chi connectivity index (χ0) is 12.4. The molecule has 1 aliphatic rings. The minimum atomic E-state index is 0.505. The van der Waals surface area contributed by atoms with Gasteiger partial charge in [0.1, 0.15) is 0 Å². The molecule has 3 nitrogen and oxygen atoms in total. The number of hydrogen-bond donors (Lipinski definition) is 0. The first-order chi connectivity index (χ1) is 8.88. The second-order valence-corrected chi connectivity index (χ2v) is 4.67. The Kier molecular flexibility index (Phi) is 3.15. The smallest absolute Gasteiger partial charge is 0.217 e. The Morgan fingerprint density at radius 1 is 1.22 bits per heavy atom. The van der Waals surface area contributed by atoms with E-state index in [4.69, 9.17) is 9.47 Å². The molecule has 0 spiro atoms. The molecule has 0 unspecified atom stereocenters. The lowest BCUT2D eigenvalue weighted by Crippen LogP contribution is -2.15. The Balaban J connectivity index is 2.08. The summed E-state index contributed by atoms with van der Waals surface area (Å²) in [6.07, 6.45) is 2.10. The van der Waals surface area contributed by atoms with Crippen molar-refractivity contribution in [2.24, 2.45) is 0 Å². The van der Waals surface area contributed by atoms with Crippen molar-refractivity contribution in [3.05, 3.63) is 35.9 Å². The van der Waals surface area contributed by atoms with Gasteiger partial charge in [-0.25, -0.2) is 4.98 Å². The molecule has 18 heavy (non-hydrogen) atoms. The fourth-order valence-electron chi connectivity index (χ4n) is 2.58. The van der Waals surface area contributed by atoms with Crippen molar-refractivity contribution in [3.8, 4) is 5.88 Å². The molecule has 0 aliphatic carbocycles. The third kappa shape index (κ3) is 2.06. The molecular formula is C15H17NO2. The van der Waals surface area contributed by atoms with Gasteiger partial charge in [0.15, 0.2) is 0 Å². The maximum absolute atomic E-state index is 5.45. The van der Waals surface area contributed by atoms with Gasteiger partial charge in [-0.3, -0.25) is 0 Å². The summed E-state index contributed by atoms with van der Waals surface area (Å²) >= 11 is 0. The predicted octanol–water partition coefficient (Wildman–Crippen LogP) is 3.14. The van der Waals surface area contributed by atoms with E-state index in [1.54, 1.807) is 7.11 Å². The van der Waals surface area contributed by atoms with Crippen LogP contribution in [0.15, 0.2) is 30.3 Å². The van der Waals surface area contributed by atoms with E-state index in [2.05, 4.69) is 17.1 Å². The first-order valence-corrected chi connectivity index (χ1v) is 6.40. The van der Waals surface area contributed by atoms with Gasteiger partial charge in [0.25, 0.3) is 0 Å². The highest BCUT2D eigenvalue weighted by molar-refractivity contribution is 5.80. The zero-order valence-electron chi connectivity index (χ0n) is 10.6. The van der Waals surface area contributed by atoms with Gasteiger partial charge in [-0.15, -0.1) is 0 Å². The number of nitrogens with zero attached hydrogens (tertiary/aromatic N) is 1. The molecule has 2 aromatic rings. The molecule has 1 saturated heterocycles. The standard InChI is InChI=1S/C15H17NO2/c1-17-15-13(11-6-8-18-9-7-11)10-12-4-2-3-5-14(12)16-15/h2-5,10-11H,6-9H2,1H3. The molecule has 1 fully saturated rings. The number of methoxy groups -OCH3 is 1. The molecule has 94 valence electrons. The summed E-state index contributed by atoms with van der Waals surface area (Å²) in [5.74, 6) is 1.27. The number of para-hydroxylation sites is 1. The molecule has 3 rings (SSSR count). The van der Waals surface area contributed by atoms with Crippen LogP contribution in [0.25, 0.3) is 10.9 Å². The fourth-order valence-corrected chi connectivity index (χ4v) is 2.58. The van der Waals surface area contributed by atoms with E-state index in [1.807, 2.05) is 18.2 Å². The van der Waals surface area contributed by atoms with Crippen molar-refractivity contribution in [1.82, 2.24) is 4.98 Å². The number of benzene rings is 1. The van der Waals surface area contributed by atoms with Gasteiger partial charge in [-0.05, 0) is 30.9 Å². The maximum Gasteiger partial charge on any atom is 0.217 e. The Hall–Kier alpha value is -1.61. The van der Waals surface area contributed by atoms with Crippen molar-refractivity contribution in [2.75, 3.05) is 20.3 Å². The highest BCUT2D eigenvalue weighted by Crippen LogP contribution is 2.34. The summed E-state index contributed by atoms with van der Waals surface area (Å²) in [6, 6.07) is 10.4. The Labute approximate surface area is 107 Å². The summed E-state index contributed by atoms with van der Waals surface area (Å²) in [4.78, 5) is 4.61. The summed E-state index contributed by atoms with van der Waals surface area (Å²) in [6.45, 7) is 1.67. The SMILES string of the molecule is COc1nc2ccccc2cc1C1CCOCC1. The lowest BCUT2D eigenvalue weighted by atomic mass is 9.91. The molecule has 1 aromatic heterocycles. The number of ether oxygens (including phenoxy) is 2. The average molecular weight is 243 g/mol.